The Balaban J connectivity index is 1.70. The predicted octanol–water partition coefficient (Wildman–Crippen LogP) is 3.08. The van der Waals surface area contributed by atoms with E-state index in [4.69, 9.17) is 5.73 Å². The Labute approximate surface area is 140 Å². The van der Waals surface area contributed by atoms with Crippen LogP contribution in [0, 0.1) is 0 Å². The first kappa shape index (κ1) is 16.9. The van der Waals surface area contributed by atoms with Gasteiger partial charge >= 0.3 is 6.18 Å². The monoisotopic (exact) mass is 355 g/mol. The number of benzene rings is 1. The maximum absolute atomic E-state index is 12.9. The SMILES string of the molecule is NCc1nc(C(=O)NCC2(c3cccc(C(F)(F)F)c3)CC2)cs1. The first-order valence-corrected chi connectivity index (χ1v) is 8.32. The van der Waals surface area contributed by atoms with Crippen molar-refractivity contribution in [2.45, 2.75) is 31.0 Å². The third kappa shape index (κ3) is 3.44. The summed E-state index contributed by atoms with van der Waals surface area (Å²) >= 11 is 1.31. The van der Waals surface area contributed by atoms with Gasteiger partial charge in [0.25, 0.3) is 5.91 Å². The van der Waals surface area contributed by atoms with Crippen LogP contribution in [0.5, 0.6) is 0 Å². The summed E-state index contributed by atoms with van der Waals surface area (Å²) < 4.78 is 38.6. The summed E-state index contributed by atoms with van der Waals surface area (Å²) in [6.45, 7) is 0.564. The Morgan fingerprint density at radius 3 is 2.71 bits per heavy atom. The number of halogens is 3. The second kappa shape index (κ2) is 6.18. The number of nitrogens with one attached hydrogen (secondary N) is 1. The van der Waals surface area contributed by atoms with Crippen LogP contribution in [0.4, 0.5) is 13.2 Å². The average molecular weight is 355 g/mol. The predicted molar refractivity (Wildman–Crippen MR) is 84.7 cm³/mol. The molecule has 4 nitrogen and oxygen atoms in total. The Kier molecular flexibility index (Phi) is 4.35. The number of thiazole rings is 1. The standard InChI is InChI=1S/C16H16F3N3OS/c17-16(18,19)11-3-1-2-10(6-11)15(4-5-15)9-21-14(23)12-8-24-13(7-20)22-12/h1-3,6,8H,4-5,7,9,20H2,(H,21,23). The largest absolute Gasteiger partial charge is 0.416 e. The van der Waals surface area contributed by atoms with E-state index >= 15 is 0 Å². The Morgan fingerprint density at radius 2 is 2.12 bits per heavy atom. The minimum atomic E-state index is -4.37. The van der Waals surface area contributed by atoms with Crippen molar-refractivity contribution in [2.75, 3.05) is 6.54 Å². The molecule has 1 aliphatic rings. The lowest BCUT2D eigenvalue weighted by Crippen LogP contribution is -2.32. The second-order valence-corrected chi connectivity index (χ2v) is 6.81. The van der Waals surface area contributed by atoms with E-state index in [0.29, 0.717) is 22.8 Å². The number of nitrogens with two attached hydrogens (primary N) is 1. The molecule has 0 bridgehead atoms. The van der Waals surface area contributed by atoms with Gasteiger partial charge in [-0.2, -0.15) is 13.2 Å². The molecule has 1 aromatic carbocycles. The maximum atomic E-state index is 12.9. The van der Waals surface area contributed by atoms with Gasteiger partial charge in [-0.05, 0) is 24.5 Å². The fraction of sp³-hybridized carbons (Fsp3) is 0.375. The molecule has 0 atom stereocenters. The fourth-order valence-electron chi connectivity index (χ4n) is 2.59. The van der Waals surface area contributed by atoms with E-state index in [1.807, 2.05) is 0 Å². The molecule has 0 spiro atoms. The Bertz CT molecular complexity index is 753. The number of hydrogen-bond acceptors (Lipinski definition) is 4. The molecule has 3 N–H and O–H groups in total. The summed E-state index contributed by atoms with van der Waals surface area (Å²) in [4.78, 5) is 16.2. The lowest BCUT2D eigenvalue weighted by atomic mass is 9.94. The molecule has 0 aliphatic heterocycles. The molecule has 1 heterocycles. The highest BCUT2D eigenvalue weighted by Crippen LogP contribution is 2.48. The van der Waals surface area contributed by atoms with Gasteiger partial charge in [-0.25, -0.2) is 4.98 Å². The molecular formula is C16H16F3N3OS. The highest BCUT2D eigenvalue weighted by Gasteiger charge is 2.45. The molecule has 0 radical (unpaired) electrons. The van der Waals surface area contributed by atoms with Crippen molar-refractivity contribution in [1.82, 2.24) is 10.3 Å². The normalized spacial score (nSPS) is 16.0. The maximum Gasteiger partial charge on any atom is 0.416 e. The first-order chi connectivity index (χ1) is 11.3. The van der Waals surface area contributed by atoms with Gasteiger partial charge in [0, 0.05) is 23.9 Å². The van der Waals surface area contributed by atoms with Crippen LogP contribution in [0.1, 0.15) is 39.5 Å². The van der Waals surface area contributed by atoms with Crippen LogP contribution < -0.4 is 11.1 Å². The Hall–Kier alpha value is -1.93. The van der Waals surface area contributed by atoms with Crippen molar-refractivity contribution < 1.29 is 18.0 Å². The molecule has 1 fully saturated rings. The molecule has 0 saturated heterocycles. The number of rotatable bonds is 5. The molecule has 1 amide bonds. The molecule has 128 valence electrons. The van der Waals surface area contributed by atoms with Crippen LogP contribution in [0.25, 0.3) is 0 Å². The van der Waals surface area contributed by atoms with E-state index in [-0.39, 0.29) is 12.5 Å². The van der Waals surface area contributed by atoms with Crippen molar-refractivity contribution in [3.05, 3.63) is 51.5 Å². The van der Waals surface area contributed by atoms with Crippen LogP contribution in [-0.2, 0) is 18.1 Å². The van der Waals surface area contributed by atoms with Gasteiger partial charge in [0.2, 0.25) is 0 Å². The third-order valence-electron chi connectivity index (χ3n) is 4.20. The number of hydrogen-bond donors (Lipinski definition) is 2. The van der Waals surface area contributed by atoms with E-state index in [1.54, 1.807) is 11.4 Å². The van der Waals surface area contributed by atoms with Gasteiger partial charge in [0.15, 0.2) is 0 Å². The van der Waals surface area contributed by atoms with Crippen molar-refractivity contribution in [3.8, 4) is 0 Å². The number of aromatic nitrogens is 1. The molecule has 3 rings (SSSR count). The zero-order chi connectivity index (χ0) is 17.4. The molecular weight excluding hydrogens is 339 g/mol. The van der Waals surface area contributed by atoms with Crippen LogP contribution >= 0.6 is 11.3 Å². The van der Waals surface area contributed by atoms with Crippen molar-refractivity contribution >= 4 is 17.2 Å². The summed E-state index contributed by atoms with van der Waals surface area (Å²) in [6, 6.07) is 5.33. The molecule has 1 aliphatic carbocycles. The van der Waals surface area contributed by atoms with Crippen LogP contribution in [-0.4, -0.2) is 17.4 Å². The van der Waals surface area contributed by atoms with Crippen molar-refractivity contribution in [2.24, 2.45) is 5.73 Å². The lowest BCUT2D eigenvalue weighted by Gasteiger charge is -2.18. The van der Waals surface area contributed by atoms with Crippen LogP contribution in [0.15, 0.2) is 29.6 Å². The van der Waals surface area contributed by atoms with Crippen LogP contribution in [0.3, 0.4) is 0 Å². The third-order valence-corrected chi connectivity index (χ3v) is 5.07. The topological polar surface area (TPSA) is 68.0 Å². The average Bonchev–Trinajstić information content (AvgIpc) is 3.20. The van der Waals surface area contributed by atoms with Crippen LogP contribution in [0.2, 0.25) is 0 Å². The molecule has 8 heteroatoms. The number of amides is 1. The van der Waals surface area contributed by atoms with Gasteiger partial charge in [-0.3, -0.25) is 4.79 Å². The number of carbonyl (C=O) groups excluding carboxylic acids is 1. The van der Waals surface area contributed by atoms with E-state index < -0.39 is 17.2 Å². The number of carbonyl (C=O) groups is 1. The summed E-state index contributed by atoms with van der Waals surface area (Å²) in [5.74, 6) is -0.329. The fourth-order valence-corrected chi connectivity index (χ4v) is 3.25. The summed E-state index contributed by atoms with van der Waals surface area (Å²) in [7, 11) is 0. The molecule has 2 aromatic rings. The molecule has 24 heavy (non-hydrogen) atoms. The Morgan fingerprint density at radius 1 is 1.38 bits per heavy atom. The lowest BCUT2D eigenvalue weighted by molar-refractivity contribution is -0.137. The summed E-state index contributed by atoms with van der Waals surface area (Å²) in [5, 5.41) is 5.07. The highest BCUT2D eigenvalue weighted by atomic mass is 32.1. The molecule has 1 aromatic heterocycles. The molecule has 0 unspecified atom stereocenters. The van der Waals surface area contributed by atoms with Crippen molar-refractivity contribution in [3.63, 3.8) is 0 Å². The minimum Gasteiger partial charge on any atom is -0.350 e. The number of alkyl halides is 3. The van der Waals surface area contributed by atoms with E-state index in [0.717, 1.165) is 18.9 Å². The summed E-state index contributed by atoms with van der Waals surface area (Å²) in [6.07, 6.45) is -2.87. The highest BCUT2D eigenvalue weighted by molar-refractivity contribution is 7.09. The zero-order valence-electron chi connectivity index (χ0n) is 12.7. The second-order valence-electron chi connectivity index (χ2n) is 5.87. The van der Waals surface area contributed by atoms with E-state index in [1.165, 1.54) is 23.5 Å². The smallest absolute Gasteiger partial charge is 0.350 e. The van der Waals surface area contributed by atoms with E-state index in [9.17, 15) is 18.0 Å². The van der Waals surface area contributed by atoms with Gasteiger partial charge in [0.05, 0.1) is 5.56 Å². The quantitative estimate of drug-likeness (QED) is 0.866. The van der Waals surface area contributed by atoms with Crippen molar-refractivity contribution in [1.29, 1.82) is 0 Å². The zero-order valence-corrected chi connectivity index (χ0v) is 13.5. The molecule has 1 saturated carbocycles. The van der Waals surface area contributed by atoms with Gasteiger partial charge in [-0.1, -0.05) is 18.2 Å². The van der Waals surface area contributed by atoms with Gasteiger partial charge in [0.1, 0.15) is 10.7 Å². The van der Waals surface area contributed by atoms with Gasteiger partial charge in [-0.15, -0.1) is 11.3 Å². The number of nitrogens with zero attached hydrogens (tertiary/aromatic N) is 1. The minimum absolute atomic E-state index is 0.270. The summed E-state index contributed by atoms with van der Waals surface area (Å²) in [5.41, 5.74) is 5.29. The van der Waals surface area contributed by atoms with E-state index in [2.05, 4.69) is 10.3 Å². The van der Waals surface area contributed by atoms with Gasteiger partial charge < -0.3 is 11.1 Å². The first-order valence-electron chi connectivity index (χ1n) is 7.44.